The van der Waals surface area contributed by atoms with Gasteiger partial charge in [0.25, 0.3) is 0 Å². The summed E-state index contributed by atoms with van der Waals surface area (Å²) in [6, 6.07) is 2.39. The van der Waals surface area contributed by atoms with E-state index in [1.54, 1.807) is 0 Å². The molecular formula is C10H16N2O2. The van der Waals surface area contributed by atoms with E-state index in [-0.39, 0.29) is 18.2 Å². The van der Waals surface area contributed by atoms with E-state index in [0.717, 1.165) is 25.8 Å². The first-order chi connectivity index (χ1) is 6.81. The second-order valence-electron chi connectivity index (χ2n) is 4.05. The molecule has 0 aromatic rings. The number of nitrogens with zero attached hydrogens (tertiary/aromatic N) is 2. The molecule has 14 heavy (non-hydrogen) atoms. The van der Waals surface area contributed by atoms with Gasteiger partial charge in [-0.3, -0.25) is 4.90 Å². The van der Waals surface area contributed by atoms with Crippen LogP contribution in [0.3, 0.4) is 0 Å². The highest BCUT2D eigenvalue weighted by Gasteiger charge is 2.33. The first kappa shape index (κ1) is 9.91. The van der Waals surface area contributed by atoms with Gasteiger partial charge in [0.2, 0.25) is 0 Å². The summed E-state index contributed by atoms with van der Waals surface area (Å²) in [6.45, 7) is 2.11. The molecule has 0 aromatic heterocycles. The minimum atomic E-state index is -0.309. The molecule has 0 aromatic carbocycles. The maximum Gasteiger partial charge on any atom is 0.156 e. The fourth-order valence-electron chi connectivity index (χ4n) is 2.40. The van der Waals surface area contributed by atoms with Crippen LogP contribution in [0.25, 0.3) is 0 Å². The first-order valence-corrected chi connectivity index (χ1v) is 5.24. The smallest absolute Gasteiger partial charge is 0.156 e. The van der Waals surface area contributed by atoms with Crippen LogP contribution in [0.2, 0.25) is 0 Å². The lowest BCUT2D eigenvalue weighted by molar-refractivity contribution is -0.0370. The van der Waals surface area contributed by atoms with Crippen LogP contribution in [0.5, 0.6) is 0 Å². The van der Waals surface area contributed by atoms with Crippen LogP contribution < -0.4 is 0 Å². The van der Waals surface area contributed by atoms with E-state index in [2.05, 4.69) is 11.0 Å². The van der Waals surface area contributed by atoms with Gasteiger partial charge < -0.3 is 9.84 Å². The third kappa shape index (κ3) is 1.90. The van der Waals surface area contributed by atoms with Crippen molar-refractivity contribution in [2.75, 3.05) is 19.7 Å². The van der Waals surface area contributed by atoms with E-state index in [1.165, 1.54) is 0 Å². The van der Waals surface area contributed by atoms with Crippen molar-refractivity contribution in [3.05, 3.63) is 0 Å². The molecule has 4 nitrogen and oxygen atoms in total. The molecule has 2 rings (SSSR count). The van der Waals surface area contributed by atoms with Gasteiger partial charge >= 0.3 is 0 Å². The number of hydrogen-bond acceptors (Lipinski definition) is 4. The molecule has 2 aliphatic rings. The zero-order valence-electron chi connectivity index (χ0n) is 8.22. The van der Waals surface area contributed by atoms with Gasteiger partial charge in [0.1, 0.15) is 0 Å². The number of nitriles is 1. The molecule has 4 heteroatoms. The maximum atomic E-state index is 9.73. The fourth-order valence-corrected chi connectivity index (χ4v) is 2.40. The second kappa shape index (κ2) is 4.26. The van der Waals surface area contributed by atoms with Crippen LogP contribution >= 0.6 is 0 Å². The molecule has 0 spiro atoms. The Morgan fingerprint density at radius 1 is 1.43 bits per heavy atom. The summed E-state index contributed by atoms with van der Waals surface area (Å²) in [5.74, 6) is 0. The van der Waals surface area contributed by atoms with Crippen molar-refractivity contribution in [3.8, 4) is 6.07 Å². The fraction of sp³-hybridized carbons (Fsp3) is 0.900. The van der Waals surface area contributed by atoms with Crippen LogP contribution in [-0.2, 0) is 4.74 Å². The topological polar surface area (TPSA) is 56.5 Å². The average Bonchev–Trinajstić information content (AvgIpc) is 2.65. The SMILES string of the molecule is N#CC1CN([C@@H]2CCC[C@H]2O)CCO1. The normalized spacial score (nSPS) is 39.6. The average molecular weight is 196 g/mol. The molecule has 1 heterocycles. The molecule has 2 fully saturated rings. The summed E-state index contributed by atoms with van der Waals surface area (Å²) in [5, 5.41) is 18.5. The Morgan fingerprint density at radius 3 is 2.93 bits per heavy atom. The Morgan fingerprint density at radius 2 is 2.29 bits per heavy atom. The first-order valence-electron chi connectivity index (χ1n) is 5.24. The van der Waals surface area contributed by atoms with Crippen molar-refractivity contribution >= 4 is 0 Å². The number of aliphatic hydroxyl groups is 1. The highest BCUT2D eigenvalue weighted by Crippen LogP contribution is 2.25. The van der Waals surface area contributed by atoms with Crippen LogP contribution in [0.15, 0.2) is 0 Å². The third-order valence-electron chi connectivity index (χ3n) is 3.15. The van der Waals surface area contributed by atoms with Crippen molar-refractivity contribution in [2.24, 2.45) is 0 Å². The summed E-state index contributed by atoms with van der Waals surface area (Å²) >= 11 is 0. The Kier molecular flexibility index (Phi) is 3.02. The summed E-state index contributed by atoms with van der Waals surface area (Å²) in [4.78, 5) is 2.20. The van der Waals surface area contributed by atoms with Crippen LogP contribution in [0.4, 0.5) is 0 Å². The van der Waals surface area contributed by atoms with E-state index < -0.39 is 0 Å². The van der Waals surface area contributed by atoms with Gasteiger partial charge in [-0.25, -0.2) is 0 Å². The second-order valence-corrected chi connectivity index (χ2v) is 4.05. The number of aliphatic hydroxyl groups excluding tert-OH is 1. The van der Waals surface area contributed by atoms with Crippen molar-refractivity contribution in [2.45, 2.75) is 37.5 Å². The van der Waals surface area contributed by atoms with Crippen molar-refractivity contribution < 1.29 is 9.84 Å². The van der Waals surface area contributed by atoms with Crippen molar-refractivity contribution in [1.29, 1.82) is 5.26 Å². The minimum absolute atomic E-state index is 0.201. The van der Waals surface area contributed by atoms with E-state index in [4.69, 9.17) is 10.00 Å². The van der Waals surface area contributed by atoms with Crippen molar-refractivity contribution in [1.82, 2.24) is 4.90 Å². The van der Waals surface area contributed by atoms with Gasteiger partial charge in [0.15, 0.2) is 6.10 Å². The summed E-state index contributed by atoms with van der Waals surface area (Å²) in [7, 11) is 0. The number of hydrogen-bond donors (Lipinski definition) is 1. The molecule has 1 saturated carbocycles. The van der Waals surface area contributed by atoms with E-state index in [0.29, 0.717) is 13.2 Å². The maximum absolute atomic E-state index is 9.73. The molecule has 1 aliphatic carbocycles. The Bertz CT molecular complexity index is 239. The molecule has 1 saturated heterocycles. The Balaban J connectivity index is 1.94. The van der Waals surface area contributed by atoms with Gasteiger partial charge in [-0.1, -0.05) is 0 Å². The molecule has 0 radical (unpaired) electrons. The predicted octanol–water partition coefficient (Wildman–Crippen LogP) is 0.124. The highest BCUT2D eigenvalue weighted by molar-refractivity contribution is 4.94. The summed E-state index contributed by atoms with van der Waals surface area (Å²) < 4.78 is 5.27. The third-order valence-corrected chi connectivity index (χ3v) is 3.15. The molecule has 1 aliphatic heterocycles. The standard InChI is InChI=1S/C10H16N2O2/c11-6-8-7-12(4-5-14-8)9-2-1-3-10(9)13/h8-10,13H,1-5,7H2/t8?,9-,10-/m1/s1. The van der Waals surface area contributed by atoms with Gasteiger partial charge in [0, 0.05) is 19.1 Å². The number of rotatable bonds is 1. The molecule has 1 unspecified atom stereocenters. The quantitative estimate of drug-likeness (QED) is 0.647. The Labute approximate surface area is 84.1 Å². The lowest BCUT2D eigenvalue weighted by Gasteiger charge is -2.35. The van der Waals surface area contributed by atoms with Crippen LogP contribution in [0.1, 0.15) is 19.3 Å². The summed E-state index contributed by atoms with van der Waals surface area (Å²) in [6.07, 6.45) is 2.54. The van der Waals surface area contributed by atoms with Gasteiger partial charge in [0.05, 0.1) is 18.8 Å². The molecule has 0 amide bonds. The van der Waals surface area contributed by atoms with Gasteiger partial charge in [-0.05, 0) is 19.3 Å². The predicted molar refractivity (Wildman–Crippen MR) is 50.6 cm³/mol. The number of morpholine rings is 1. The monoisotopic (exact) mass is 196 g/mol. The van der Waals surface area contributed by atoms with E-state index in [1.807, 2.05) is 0 Å². The minimum Gasteiger partial charge on any atom is -0.391 e. The lowest BCUT2D eigenvalue weighted by atomic mass is 10.1. The zero-order chi connectivity index (χ0) is 9.97. The van der Waals surface area contributed by atoms with E-state index in [9.17, 15) is 5.11 Å². The largest absolute Gasteiger partial charge is 0.391 e. The Hall–Kier alpha value is -0.630. The molecule has 0 bridgehead atoms. The van der Waals surface area contributed by atoms with Gasteiger partial charge in [-0.15, -0.1) is 0 Å². The van der Waals surface area contributed by atoms with Crippen LogP contribution in [-0.4, -0.2) is 48.0 Å². The lowest BCUT2D eigenvalue weighted by Crippen LogP contribution is -2.49. The molecule has 1 N–H and O–H groups in total. The van der Waals surface area contributed by atoms with E-state index >= 15 is 0 Å². The summed E-state index contributed by atoms with van der Waals surface area (Å²) in [5.41, 5.74) is 0. The van der Waals surface area contributed by atoms with Gasteiger partial charge in [-0.2, -0.15) is 5.26 Å². The number of ether oxygens (including phenoxy) is 1. The highest BCUT2D eigenvalue weighted by atomic mass is 16.5. The zero-order valence-corrected chi connectivity index (χ0v) is 8.22. The van der Waals surface area contributed by atoms with Crippen LogP contribution in [0, 0.1) is 11.3 Å². The molecule has 78 valence electrons. The molecule has 3 atom stereocenters. The molecular weight excluding hydrogens is 180 g/mol. The van der Waals surface area contributed by atoms with Crippen molar-refractivity contribution in [3.63, 3.8) is 0 Å².